The van der Waals surface area contributed by atoms with Crippen molar-refractivity contribution in [1.82, 2.24) is 19.8 Å². The molecule has 0 spiro atoms. The number of aromatic nitrogens is 2. The second-order valence-corrected chi connectivity index (χ2v) is 6.82. The number of hydrogen-bond donors (Lipinski definition) is 2. The summed E-state index contributed by atoms with van der Waals surface area (Å²) in [5, 5.41) is 2.10. The summed E-state index contributed by atoms with van der Waals surface area (Å²) in [7, 11) is 0. The predicted octanol–water partition coefficient (Wildman–Crippen LogP) is 2.98. The number of primary amides is 1. The number of rotatable bonds is 4. The summed E-state index contributed by atoms with van der Waals surface area (Å²) in [6.45, 7) is 7.22. The fourth-order valence-electron chi connectivity index (χ4n) is 3.64. The van der Waals surface area contributed by atoms with Crippen molar-refractivity contribution in [3.05, 3.63) is 65.6 Å². The molecule has 3 N–H and O–H groups in total. The fraction of sp³-hybridized carbons (Fsp3) is 0.238. The van der Waals surface area contributed by atoms with Crippen LogP contribution < -0.4 is 11.2 Å². The van der Waals surface area contributed by atoms with Gasteiger partial charge in [-0.1, -0.05) is 24.3 Å². The van der Waals surface area contributed by atoms with E-state index >= 15 is 0 Å². The zero-order chi connectivity index (χ0) is 19.1. The van der Waals surface area contributed by atoms with E-state index in [0.717, 1.165) is 34.7 Å². The minimum atomic E-state index is -0.448. The van der Waals surface area contributed by atoms with E-state index in [2.05, 4.69) is 48.7 Å². The van der Waals surface area contributed by atoms with Crippen LogP contribution in [0, 0.1) is 6.92 Å². The molecule has 3 heterocycles. The highest BCUT2D eigenvalue weighted by Crippen LogP contribution is 2.34. The molecule has 27 heavy (non-hydrogen) atoms. The Balaban J connectivity index is 1.88. The minimum absolute atomic E-state index is 0.227. The van der Waals surface area contributed by atoms with E-state index in [9.17, 15) is 4.79 Å². The van der Waals surface area contributed by atoms with Crippen molar-refractivity contribution in [2.45, 2.75) is 26.8 Å². The van der Waals surface area contributed by atoms with Crippen molar-refractivity contribution in [1.29, 1.82) is 0 Å². The SMILES string of the molecule is CCN1C=C(c2ccccc2-c2nc3cc(C(N)=O)ccn3c2C)C(C)N1. The van der Waals surface area contributed by atoms with E-state index in [0.29, 0.717) is 5.56 Å². The number of aryl methyl sites for hydroxylation is 1. The molecule has 1 aliphatic rings. The van der Waals surface area contributed by atoms with Gasteiger partial charge < -0.3 is 15.1 Å². The molecule has 138 valence electrons. The summed E-state index contributed by atoms with van der Waals surface area (Å²) < 4.78 is 1.99. The molecule has 0 saturated heterocycles. The van der Waals surface area contributed by atoms with Gasteiger partial charge in [-0.2, -0.15) is 0 Å². The second kappa shape index (κ2) is 6.55. The molecule has 0 bridgehead atoms. The van der Waals surface area contributed by atoms with Crippen LogP contribution in [0.15, 0.2) is 48.8 Å². The molecule has 0 saturated carbocycles. The third-order valence-corrected chi connectivity index (χ3v) is 5.10. The summed E-state index contributed by atoms with van der Waals surface area (Å²) in [5.41, 5.74) is 15.5. The number of nitrogens with one attached hydrogen (secondary N) is 1. The molecule has 6 heteroatoms. The number of nitrogens with two attached hydrogens (primary N) is 1. The van der Waals surface area contributed by atoms with Gasteiger partial charge in [-0.25, -0.2) is 10.4 Å². The number of pyridine rings is 1. The van der Waals surface area contributed by atoms with Crippen LogP contribution in [0.5, 0.6) is 0 Å². The highest BCUT2D eigenvalue weighted by atomic mass is 16.1. The second-order valence-electron chi connectivity index (χ2n) is 6.82. The molecule has 6 nitrogen and oxygen atoms in total. The lowest BCUT2D eigenvalue weighted by atomic mass is 9.94. The number of benzene rings is 1. The molecule has 1 aromatic carbocycles. The molecule has 4 rings (SSSR count). The Hall–Kier alpha value is -3.12. The first kappa shape index (κ1) is 17.3. The minimum Gasteiger partial charge on any atom is -0.366 e. The Labute approximate surface area is 158 Å². The summed E-state index contributed by atoms with van der Waals surface area (Å²) in [6, 6.07) is 12.0. The van der Waals surface area contributed by atoms with Gasteiger partial charge in [-0.05, 0) is 44.0 Å². The van der Waals surface area contributed by atoms with Gasteiger partial charge in [0.25, 0.3) is 0 Å². The van der Waals surface area contributed by atoms with Gasteiger partial charge in [0.2, 0.25) is 5.91 Å². The summed E-state index contributed by atoms with van der Waals surface area (Å²) >= 11 is 0. The lowest BCUT2D eigenvalue weighted by Gasteiger charge is -2.16. The molecular formula is C21H23N5O. The Morgan fingerprint density at radius 2 is 2.00 bits per heavy atom. The molecule has 0 aliphatic carbocycles. The molecule has 3 aromatic rings. The summed E-state index contributed by atoms with van der Waals surface area (Å²) in [5.74, 6) is -0.448. The lowest BCUT2D eigenvalue weighted by molar-refractivity contribution is 0.1000. The van der Waals surface area contributed by atoms with Gasteiger partial charge in [-0.15, -0.1) is 0 Å². The maximum Gasteiger partial charge on any atom is 0.248 e. The third-order valence-electron chi connectivity index (χ3n) is 5.10. The maximum atomic E-state index is 11.5. The van der Waals surface area contributed by atoms with E-state index in [-0.39, 0.29) is 6.04 Å². The van der Waals surface area contributed by atoms with Crippen molar-refractivity contribution in [3.8, 4) is 11.3 Å². The van der Waals surface area contributed by atoms with E-state index in [4.69, 9.17) is 10.7 Å². The van der Waals surface area contributed by atoms with Crippen molar-refractivity contribution < 1.29 is 4.79 Å². The number of carbonyl (C=O) groups excluding carboxylic acids is 1. The Morgan fingerprint density at radius 3 is 2.67 bits per heavy atom. The van der Waals surface area contributed by atoms with Crippen LogP contribution in [0.25, 0.3) is 22.5 Å². The molecule has 0 radical (unpaired) electrons. The van der Waals surface area contributed by atoms with Crippen molar-refractivity contribution >= 4 is 17.1 Å². The third kappa shape index (κ3) is 2.88. The van der Waals surface area contributed by atoms with Crippen molar-refractivity contribution in [3.63, 3.8) is 0 Å². The molecule has 1 amide bonds. The van der Waals surface area contributed by atoms with Crippen LogP contribution in [0.3, 0.4) is 0 Å². The zero-order valence-electron chi connectivity index (χ0n) is 15.7. The van der Waals surface area contributed by atoms with E-state index < -0.39 is 5.91 Å². The van der Waals surface area contributed by atoms with Crippen LogP contribution in [0.2, 0.25) is 0 Å². The topological polar surface area (TPSA) is 75.7 Å². The van der Waals surface area contributed by atoms with Gasteiger partial charge >= 0.3 is 0 Å². The first-order valence-electron chi connectivity index (χ1n) is 9.12. The fourth-order valence-corrected chi connectivity index (χ4v) is 3.64. The zero-order valence-corrected chi connectivity index (χ0v) is 15.7. The van der Waals surface area contributed by atoms with Gasteiger partial charge in [-0.3, -0.25) is 4.79 Å². The smallest absolute Gasteiger partial charge is 0.248 e. The first-order valence-corrected chi connectivity index (χ1v) is 9.12. The average Bonchev–Trinajstić information content (AvgIpc) is 3.21. The Morgan fingerprint density at radius 1 is 1.26 bits per heavy atom. The summed E-state index contributed by atoms with van der Waals surface area (Å²) in [4.78, 5) is 16.3. The number of imidazole rings is 1. The number of carbonyl (C=O) groups is 1. The average molecular weight is 361 g/mol. The van der Waals surface area contributed by atoms with Gasteiger partial charge in [0.1, 0.15) is 5.65 Å². The molecule has 0 fully saturated rings. The number of fused-ring (bicyclic) bond motifs is 1. The standard InChI is InChI=1S/C21H23N5O/c1-4-25-12-18(13(2)24-25)16-7-5-6-8-17(16)20-14(3)26-10-9-15(21(22)27)11-19(26)23-20/h5-13,24H,4H2,1-3H3,(H2,22,27). The monoisotopic (exact) mass is 361 g/mol. The van der Waals surface area contributed by atoms with Gasteiger partial charge in [0.15, 0.2) is 0 Å². The molecule has 2 aromatic heterocycles. The Bertz CT molecular complexity index is 1070. The molecule has 1 aliphatic heterocycles. The van der Waals surface area contributed by atoms with Crippen LogP contribution in [-0.2, 0) is 0 Å². The molecule has 1 unspecified atom stereocenters. The summed E-state index contributed by atoms with van der Waals surface area (Å²) in [6.07, 6.45) is 4.02. The number of hydrazine groups is 1. The normalized spacial score (nSPS) is 16.8. The largest absolute Gasteiger partial charge is 0.366 e. The van der Waals surface area contributed by atoms with Gasteiger partial charge in [0.05, 0.1) is 11.7 Å². The highest BCUT2D eigenvalue weighted by Gasteiger charge is 2.24. The van der Waals surface area contributed by atoms with Crippen molar-refractivity contribution in [2.24, 2.45) is 5.73 Å². The quantitative estimate of drug-likeness (QED) is 0.749. The Kier molecular flexibility index (Phi) is 4.20. The predicted molar refractivity (Wildman–Crippen MR) is 107 cm³/mol. The van der Waals surface area contributed by atoms with Crippen molar-refractivity contribution in [2.75, 3.05) is 6.54 Å². The first-order chi connectivity index (χ1) is 13.0. The number of nitrogens with zero attached hydrogens (tertiary/aromatic N) is 3. The molecule has 1 atom stereocenters. The van der Waals surface area contributed by atoms with E-state index in [1.165, 1.54) is 5.57 Å². The lowest BCUT2D eigenvalue weighted by Crippen LogP contribution is -2.33. The van der Waals surface area contributed by atoms with E-state index in [1.54, 1.807) is 12.1 Å². The van der Waals surface area contributed by atoms with Crippen LogP contribution >= 0.6 is 0 Å². The van der Waals surface area contributed by atoms with Crippen LogP contribution in [0.1, 0.15) is 35.5 Å². The molecular weight excluding hydrogens is 338 g/mol. The van der Waals surface area contributed by atoms with E-state index in [1.807, 2.05) is 23.6 Å². The number of amides is 1. The maximum absolute atomic E-state index is 11.5. The van der Waals surface area contributed by atoms with Gasteiger partial charge in [0, 0.05) is 35.8 Å². The van der Waals surface area contributed by atoms with Crippen LogP contribution in [0.4, 0.5) is 0 Å². The number of hydrogen-bond acceptors (Lipinski definition) is 4. The van der Waals surface area contributed by atoms with Crippen LogP contribution in [-0.4, -0.2) is 32.9 Å². The highest BCUT2D eigenvalue weighted by molar-refractivity contribution is 5.94.